The molecule has 0 saturated heterocycles. The topological polar surface area (TPSA) is 35.2 Å². The molecule has 100 valence electrons. The first-order valence-corrected chi connectivity index (χ1v) is 6.67. The van der Waals surface area contributed by atoms with E-state index in [1.54, 1.807) is 6.07 Å². The van der Waals surface area contributed by atoms with Crippen LogP contribution in [0.1, 0.15) is 38.2 Å². The van der Waals surface area contributed by atoms with E-state index in [4.69, 9.17) is 10.5 Å². The molecule has 3 heteroatoms. The summed E-state index contributed by atoms with van der Waals surface area (Å²) in [7, 11) is 1.49. The highest BCUT2D eigenvalue weighted by molar-refractivity contribution is 5.32. The SMILES string of the molecule is COc1cccc(CC2(N)CCCCC2C)c1F. The largest absolute Gasteiger partial charge is 0.494 e. The number of benzene rings is 1. The zero-order valence-electron chi connectivity index (χ0n) is 11.2. The zero-order valence-corrected chi connectivity index (χ0v) is 11.2. The quantitative estimate of drug-likeness (QED) is 0.894. The van der Waals surface area contributed by atoms with Gasteiger partial charge < -0.3 is 10.5 Å². The van der Waals surface area contributed by atoms with E-state index in [2.05, 4.69) is 6.92 Å². The molecule has 2 unspecified atom stereocenters. The predicted molar refractivity (Wildman–Crippen MR) is 71.2 cm³/mol. The average molecular weight is 251 g/mol. The highest BCUT2D eigenvalue weighted by atomic mass is 19.1. The number of methoxy groups -OCH3 is 1. The third-order valence-corrected chi connectivity index (χ3v) is 4.29. The van der Waals surface area contributed by atoms with Gasteiger partial charge in [0.2, 0.25) is 0 Å². The van der Waals surface area contributed by atoms with E-state index < -0.39 is 0 Å². The Kier molecular flexibility index (Phi) is 3.91. The fourth-order valence-electron chi connectivity index (χ4n) is 2.91. The number of hydrogen-bond donors (Lipinski definition) is 1. The molecule has 0 heterocycles. The maximum absolute atomic E-state index is 14.1. The van der Waals surface area contributed by atoms with Gasteiger partial charge in [0.25, 0.3) is 0 Å². The minimum Gasteiger partial charge on any atom is -0.494 e. The van der Waals surface area contributed by atoms with E-state index in [1.165, 1.54) is 13.5 Å². The Balaban J connectivity index is 2.22. The van der Waals surface area contributed by atoms with Crippen LogP contribution in [0.15, 0.2) is 18.2 Å². The Labute approximate surface area is 108 Å². The first-order valence-electron chi connectivity index (χ1n) is 6.67. The van der Waals surface area contributed by atoms with Crippen LogP contribution in [0.5, 0.6) is 5.75 Å². The van der Waals surface area contributed by atoms with E-state index in [-0.39, 0.29) is 11.4 Å². The van der Waals surface area contributed by atoms with Crippen molar-refractivity contribution in [2.75, 3.05) is 7.11 Å². The molecule has 1 aliphatic rings. The summed E-state index contributed by atoms with van der Waals surface area (Å²) < 4.78 is 19.2. The number of ether oxygens (including phenoxy) is 1. The van der Waals surface area contributed by atoms with Crippen LogP contribution in [-0.4, -0.2) is 12.6 Å². The van der Waals surface area contributed by atoms with Crippen molar-refractivity contribution < 1.29 is 9.13 Å². The third kappa shape index (κ3) is 2.51. The maximum Gasteiger partial charge on any atom is 0.168 e. The van der Waals surface area contributed by atoms with Gasteiger partial charge in [-0.1, -0.05) is 31.9 Å². The van der Waals surface area contributed by atoms with E-state index in [0.717, 1.165) is 19.3 Å². The lowest BCUT2D eigenvalue weighted by molar-refractivity contribution is 0.202. The molecule has 0 bridgehead atoms. The summed E-state index contributed by atoms with van der Waals surface area (Å²) in [5.74, 6) is 0.485. The summed E-state index contributed by atoms with van der Waals surface area (Å²) in [6, 6.07) is 5.29. The molecule has 0 aromatic heterocycles. The van der Waals surface area contributed by atoms with Crippen molar-refractivity contribution in [2.24, 2.45) is 11.7 Å². The molecule has 1 aromatic carbocycles. The lowest BCUT2D eigenvalue weighted by Gasteiger charge is -2.39. The molecule has 2 N–H and O–H groups in total. The van der Waals surface area contributed by atoms with Crippen LogP contribution < -0.4 is 10.5 Å². The molecule has 1 saturated carbocycles. The molecule has 1 aromatic rings. The summed E-state index contributed by atoms with van der Waals surface area (Å²) in [5, 5.41) is 0. The van der Waals surface area contributed by atoms with Crippen LogP contribution in [-0.2, 0) is 6.42 Å². The predicted octanol–water partition coefficient (Wildman–Crippen LogP) is 3.28. The van der Waals surface area contributed by atoms with Crippen molar-refractivity contribution in [3.8, 4) is 5.75 Å². The molecule has 2 nitrogen and oxygen atoms in total. The van der Waals surface area contributed by atoms with Crippen molar-refractivity contribution in [2.45, 2.75) is 44.6 Å². The third-order valence-electron chi connectivity index (χ3n) is 4.29. The van der Waals surface area contributed by atoms with E-state index in [1.807, 2.05) is 12.1 Å². The van der Waals surface area contributed by atoms with Crippen LogP contribution in [0.3, 0.4) is 0 Å². The fourth-order valence-corrected chi connectivity index (χ4v) is 2.91. The van der Waals surface area contributed by atoms with Crippen LogP contribution in [0.25, 0.3) is 0 Å². The van der Waals surface area contributed by atoms with Gasteiger partial charge in [0.1, 0.15) is 0 Å². The Morgan fingerprint density at radius 2 is 2.22 bits per heavy atom. The van der Waals surface area contributed by atoms with Crippen LogP contribution in [0.2, 0.25) is 0 Å². The van der Waals surface area contributed by atoms with Crippen molar-refractivity contribution in [1.29, 1.82) is 0 Å². The average Bonchev–Trinajstić information content (AvgIpc) is 2.36. The number of hydrogen-bond acceptors (Lipinski definition) is 2. The number of nitrogens with two attached hydrogens (primary N) is 1. The van der Waals surface area contributed by atoms with Gasteiger partial charge in [0, 0.05) is 5.54 Å². The second-order valence-corrected chi connectivity index (χ2v) is 5.49. The Morgan fingerprint density at radius 1 is 1.44 bits per heavy atom. The normalized spacial score (nSPS) is 28.1. The van der Waals surface area contributed by atoms with Gasteiger partial charge in [0.15, 0.2) is 11.6 Å². The molecular weight excluding hydrogens is 229 g/mol. The van der Waals surface area contributed by atoms with Crippen molar-refractivity contribution >= 4 is 0 Å². The summed E-state index contributed by atoms with van der Waals surface area (Å²) >= 11 is 0. The number of halogens is 1. The van der Waals surface area contributed by atoms with Crippen LogP contribution in [0, 0.1) is 11.7 Å². The van der Waals surface area contributed by atoms with Gasteiger partial charge in [0.05, 0.1) is 7.11 Å². The minimum atomic E-state index is -0.272. The van der Waals surface area contributed by atoms with E-state index in [0.29, 0.717) is 23.7 Å². The first-order chi connectivity index (χ1) is 8.57. The highest BCUT2D eigenvalue weighted by Crippen LogP contribution is 2.35. The molecule has 0 amide bonds. The van der Waals surface area contributed by atoms with Crippen molar-refractivity contribution in [3.63, 3.8) is 0 Å². The molecule has 2 rings (SSSR count). The summed E-state index contributed by atoms with van der Waals surface area (Å²) in [4.78, 5) is 0. The molecule has 0 spiro atoms. The van der Waals surface area contributed by atoms with Crippen molar-refractivity contribution in [1.82, 2.24) is 0 Å². The van der Waals surface area contributed by atoms with Gasteiger partial charge in [-0.05, 0) is 36.8 Å². The molecule has 0 radical (unpaired) electrons. The summed E-state index contributed by atoms with van der Waals surface area (Å²) in [6.07, 6.45) is 5.09. The van der Waals surface area contributed by atoms with Crippen LogP contribution >= 0.6 is 0 Å². The molecular formula is C15H22FNO. The molecule has 18 heavy (non-hydrogen) atoms. The zero-order chi connectivity index (χ0) is 13.2. The first kappa shape index (κ1) is 13.3. The Hall–Kier alpha value is -1.09. The maximum atomic E-state index is 14.1. The fraction of sp³-hybridized carbons (Fsp3) is 0.600. The van der Waals surface area contributed by atoms with Gasteiger partial charge in [-0.2, -0.15) is 0 Å². The standard InChI is InChI=1S/C15H22FNO/c1-11-6-3-4-9-15(11,17)10-12-7-5-8-13(18-2)14(12)16/h5,7-8,11H,3-4,6,9-10,17H2,1-2H3. The molecule has 1 fully saturated rings. The smallest absolute Gasteiger partial charge is 0.168 e. The highest BCUT2D eigenvalue weighted by Gasteiger charge is 2.35. The van der Waals surface area contributed by atoms with Crippen LogP contribution in [0.4, 0.5) is 4.39 Å². The molecule has 0 aliphatic heterocycles. The second-order valence-electron chi connectivity index (χ2n) is 5.49. The number of rotatable bonds is 3. The molecule has 1 aliphatic carbocycles. The summed E-state index contributed by atoms with van der Waals surface area (Å²) in [5.41, 5.74) is 6.89. The van der Waals surface area contributed by atoms with Gasteiger partial charge in [-0.25, -0.2) is 4.39 Å². The van der Waals surface area contributed by atoms with Crippen molar-refractivity contribution in [3.05, 3.63) is 29.6 Å². The monoisotopic (exact) mass is 251 g/mol. The van der Waals surface area contributed by atoms with Gasteiger partial charge in [-0.15, -0.1) is 0 Å². The summed E-state index contributed by atoms with van der Waals surface area (Å²) in [6.45, 7) is 2.18. The Morgan fingerprint density at radius 3 is 2.89 bits per heavy atom. The lowest BCUT2D eigenvalue weighted by atomic mass is 9.71. The molecule has 2 atom stereocenters. The van der Waals surface area contributed by atoms with Gasteiger partial charge in [-0.3, -0.25) is 0 Å². The second kappa shape index (κ2) is 5.27. The van der Waals surface area contributed by atoms with E-state index in [9.17, 15) is 4.39 Å². The lowest BCUT2D eigenvalue weighted by Crippen LogP contribution is -2.50. The van der Waals surface area contributed by atoms with E-state index >= 15 is 0 Å². The van der Waals surface area contributed by atoms with Gasteiger partial charge >= 0.3 is 0 Å². The Bertz CT molecular complexity index is 421. The minimum absolute atomic E-state index is 0.261.